The van der Waals surface area contributed by atoms with Crippen molar-refractivity contribution in [1.82, 2.24) is 4.98 Å². The van der Waals surface area contributed by atoms with E-state index in [0.29, 0.717) is 12.2 Å². The van der Waals surface area contributed by atoms with Crippen LogP contribution in [0.1, 0.15) is 23.8 Å². The Bertz CT molecular complexity index is 715. The zero-order chi connectivity index (χ0) is 16.4. The molecule has 1 aromatic heterocycles. The molecule has 0 spiro atoms. The largest absolute Gasteiger partial charge is 0.486 e. The van der Waals surface area contributed by atoms with Crippen molar-refractivity contribution in [3.8, 4) is 5.75 Å². The molecule has 0 radical (unpaired) electrons. The van der Waals surface area contributed by atoms with Gasteiger partial charge in [-0.05, 0) is 30.7 Å². The van der Waals surface area contributed by atoms with E-state index < -0.39 is 0 Å². The second kappa shape index (κ2) is 6.28. The molecule has 2 heterocycles. The van der Waals surface area contributed by atoms with Gasteiger partial charge in [0.2, 0.25) is 0 Å². The zero-order valence-electron chi connectivity index (χ0n) is 13.7. The SMILES string of the molecule is CC[C@@H]1CN(C(=O)c2cc(N(C)C)ccn2)c2ccccc2O1. The number of nitrogens with zero attached hydrogens (tertiary/aromatic N) is 3. The van der Waals surface area contributed by atoms with E-state index in [9.17, 15) is 4.79 Å². The fraction of sp³-hybridized carbons (Fsp3) is 0.333. The third kappa shape index (κ3) is 2.99. The van der Waals surface area contributed by atoms with Crippen LogP contribution < -0.4 is 14.5 Å². The summed E-state index contributed by atoms with van der Waals surface area (Å²) in [6.07, 6.45) is 2.53. The average Bonchev–Trinajstić information content (AvgIpc) is 2.60. The Kier molecular flexibility index (Phi) is 4.19. The van der Waals surface area contributed by atoms with Crippen LogP contribution in [0.15, 0.2) is 42.6 Å². The first-order chi connectivity index (χ1) is 11.1. The van der Waals surface area contributed by atoms with Gasteiger partial charge in [-0.2, -0.15) is 0 Å². The number of aromatic nitrogens is 1. The molecule has 3 rings (SSSR count). The van der Waals surface area contributed by atoms with Gasteiger partial charge in [-0.25, -0.2) is 0 Å². The number of anilines is 2. The predicted molar refractivity (Wildman–Crippen MR) is 91.4 cm³/mol. The van der Waals surface area contributed by atoms with Gasteiger partial charge in [0.25, 0.3) is 5.91 Å². The van der Waals surface area contributed by atoms with Gasteiger partial charge in [-0.3, -0.25) is 14.7 Å². The maximum absolute atomic E-state index is 13.0. The van der Waals surface area contributed by atoms with E-state index in [-0.39, 0.29) is 12.0 Å². The highest BCUT2D eigenvalue weighted by Gasteiger charge is 2.30. The summed E-state index contributed by atoms with van der Waals surface area (Å²) in [7, 11) is 3.89. The van der Waals surface area contributed by atoms with E-state index in [0.717, 1.165) is 23.5 Å². The molecule has 1 aliphatic rings. The number of carbonyl (C=O) groups is 1. The predicted octanol–water partition coefficient (Wildman–Crippen LogP) is 2.97. The standard InChI is InChI=1S/C18H21N3O2/c1-4-14-12-21(16-7-5-6-8-17(16)23-14)18(22)15-11-13(20(2)3)9-10-19-15/h5-11,14H,4,12H2,1-3H3/t14-/m1/s1. The van der Waals surface area contributed by atoms with Crippen molar-refractivity contribution >= 4 is 17.3 Å². The van der Waals surface area contributed by atoms with Gasteiger partial charge in [-0.15, -0.1) is 0 Å². The smallest absolute Gasteiger partial charge is 0.277 e. The van der Waals surface area contributed by atoms with Crippen LogP contribution >= 0.6 is 0 Å². The van der Waals surface area contributed by atoms with Crippen LogP contribution in [0, 0.1) is 0 Å². The minimum atomic E-state index is -0.0945. The van der Waals surface area contributed by atoms with E-state index in [4.69, 9.17) is 4.74 Å². The molecule has 1 amide bonds. The van der Waals surface area contributed by atoms with Crippen LogP contribution in [-0.2, 0) is 0 Å². The summed E-state index contributed by atoms with van der Waals surface area (Å²) in [5.41, 5.74) is 2.21. The lowest BCUT2D eigenvalue weighted by molar-refractivity contribution is 0.0949. The van der Waals surface area contributed by atoms with E-state index in [1.54, 1.807) is 11.1 Å². The Balaban J connectivity index is 1.97. The highest BCUT2D eigenvalue weighted by Crippen LogP contribution is 2.34. The van der Waals surface area contributed by atoms with Crippen LogP contribution in [0.3, 0.4) is 0 Å². The number of hydrogen-bond acceptors (Lipinski definition) is 4. The molecule has 0 bridgehead atoms. The molecular weight excluding hydrogens is 290 g/mol. The normalized spacial score (nSPS) is 16.5. The van der Waals surface area contributed by atoms with Gasteiger partial charge in [0.1, 0.15) is 17.5 Å². The summed E-state index contributed by atoms with van der Waals surface area (Å²) in [5.74, 6) is 0.658. The first-order valence-corrected chi connectivity index (χ1v) is 7.81. The minimum absolute atomic E-state index is 0.00545. The lowest BCUT2D eigenvalue weighted by atomic mass is 10.1. The lowest BCUT2D eigenvalue weighted by Crippen LogP contribution is -2.43. The molecule has 5 nitrogen and oxygen atoms in total. The van der Waals surface area contributed by atoms with Crippen molar-refractivity contribution in [2.24, 2.45) is 0 Å². The topological polar surface area (TPSA) is 45.7 Å². The number of ether oxygens (including phenoxy) is 1. The third-order valence-electron chi connectivity index (χ3n) is 4.02. The molecule has 0 aliphatic carbocycles. The Hall–Kier alpha value is -2.56. The number of fused-ring (bicyclic) bond motifs is 1. The van der Waals surface area contributed by atoms with E-state index >= 15 is 0 Å². The Labute approximate surface area is 136 Å². The summed E-state index contributed by atoms with van der Waals surface area (Å²) >= 11 is 0. The molecular formula is C18H21N3O2. The summed E-state index contributed by atoms with van der Waals surface area (Å²) < 4.78 is 5.94. The highest BCUT2D eigenvalue weighted by molar-refractivity contribution is 6.06. The molecule has 120 valence electrons. The van der Waals surface area contributed by atoms with Crippen molar-refractivity contribution in [2.45, 2.75) is 19.4 Å². The Morgan fingerprint density at radius 1 is 1.35 bits per heavy atom. The van der Waals surface area contributed by atoms with Crippen LogP contribution in [-0.4, -0.2) is 37.6 Å². The molecule has 0 saturated heterocycles. The minimum Gasteiger partial charge on any atom is -0.486 e. The second-order valence-corrected chi connectivity index (χ2v) is 5.83. The van der Waals surface area contributed by atoms with Gasteiger partial charge in [0, 0.05) is 26.0 Å². The van der Waals surface area contributed by atoms with Gasteiger partial charge >= 0.3 is 0 Å². The molecule has 5 heteroatoms. The second-order valence-electron chi connectivity index (χ2n) is 5.83. The van der Waals surface area contributed by atoms with E-state index in [1.165, 1.54) is 0 Å². The third-order valence-corrected chi connectivity index (χ3v) is 4.02. The fourth-order valence-electron chi connectivity index (χ4n) is 2.66. The van der Waals surface area contributed by atoms with Crippen LogP contribution in [0.4, 0.5) is 11.4 Å². The van der Waals surface area contributed by atoms with Gasteiger partial charge in [0.15, 0.2) is 0 Å². The summed E-state index contributed by atoms with van der Waals surface area (Å²) in [5, 5.41) is 0. The number of para-hydroxylation sites is 2. The number of rotatable bonds is 3. The maximum Gasteiger partial charge on any atom is 0.277 e. The quantitative estimate of drug-likeness (QED) is 0.874. The maximum atomic E-state index is 13.0. The van der Waals surface area contributed by atoms with Crippen LogP contribution in [0.5, 0.6) is 5.75 Å². The van der Waals surface area contributed by atoms with Gasteiger partial charge in [0.05, 0.1) is 12.2 Å². The van der Waals surface area contributed by atoms with Crippen molar-refractivity contribution in [3.63, 3.8) is 0 Å². The molecule has 23 heavy (non-hydrogen) atoms. The van der Waals surface area contributed by atoms with Gasteiger partial charge < -0.3 is 9.64 Å². The summed E-state index contributed by atoms with van der Waals surface area (Å²) in [4.78, 5) is 21.0. The number of benzene rings is 1. The zero-order valence-corrected chi connectivity index (χ0v) is 13.7. The summed E-state index contributed by atoms with van der Waals surface area (Å²) in [6, 6.07) is 11.4. The Morgan fingerprint density at radius 2 is 2.13 bits per heavy atom. The van der Waals surface area contributed by atoms with Crippen LogP contribution in [0.2, 0.25) is 0 Å². The molecule has 1 aromatic carbocycles. The number of pyridine rings is 1. The fourth-order valence-corrected chi connectivity index (χ4v) is 2.66. The van der Waals surface area contributed by atoms with Crippen molar-refractivity contribution < 1.29 is 9.53 Å². The molecule has 0 fully saturated rings. The van der Waals surface area contributed by atoms with E-state index in [1.807, 2.05) is 55.4 Å². The lowest BCUT2D eigenvalue weighted by Gasteiger charge is -2.34. The van der Waals surface area contributed by atoms with Crippen molar-refractivity contribution in [1.29, 1.82) is 0 Å². The number of carbonyl (C=O) groups excluding carboxylic acids is 1. The molecule has 0 saturated carbocycles. The molecule has 2 aromatic rings. The molecule has 0 N–H and O–H groups in total. The number of hydrogen-bond donors (Lipinski definition) is 0. The molecule has 1 aliphatic heterocycles. The van der Waals surface area contributed by atoms with Gasteiger partial charge in [-0.1, -0.05) is 19.1 Å². The monoisotopic (exact) mass is 311 g/mol. The first kappa shape index (κ1) is 15.3. The van der Waals surface area contributed by atoms with Crippen molar-refractivity contribution in [3.05, 3.63) is 48.3 Å². The van der Waals surface area contributed by atoms with Crippen LogP contribution in [0.25, 0.3) is 0 Å². The number of amides is 1. The average molecular weight is 311 g/mol. The highest BCUT2D eigenvalue weighted by atomic mass is 16.5. The molecule has 0 unspecified atom stereocenters. The Morgan fingerprint density at radius 3 is 2.87 bits per heavy atom. The molecule has 1 atom stereocenters. The first-order valence-electron chi connectivity index (χ1n) is 7.81. The van der Waals surface area contributed by atoms with Crippen molar-refractivity contribution in [2.75, 3.05) is 30.4 Å². The summed E-state index contributed by atoms with van der Waals surface area (Å²) in [6.45, 7) is 2.60. The van der Waals surface area contributed by atoms with E-state index in [2.05, 4.69) is 11.9 Å².